The number of epoxide rings is 1. The monoisotopic (exact) mass is 440 g/mol. The number of aliphatic hydroxyl groups is 3. The minimum absolute atomic E-state index is 0.0108. The summed E-state index contributed by atoms with van der Waals surface area (Å²) in [7, 11) is 2.75. The molecule has 5 rings (SSSR count). The Bertz CT molecular complexity index is 893. The molecule has 5 fully saturated rings. The Labute approximate surface area is 179 Å². The number of ether oxygens (including phenoxy) is 5. The minimum atomic E-state index is -1.91. The normalized spacial score (nSPS) is 53.4. The fourth-order valence-electron chi connectivity index (χ4n) is 7.01. The molecule has 3 heterocycles. The number of hydrogen-bond donors (Lipinski definition) is 3. The van der Waals surface area contributed by atoms with Gasteiger partial charge in [0.25, 0.3) is 0 Å². The summed E-state index contributed by atoms with van der Waals surface area (Å²) in [5.41, 5.74) is -6.21. The van der Waals surface area contributed by atoms with Crippen LogP contribution in [-0.4, -0.2) is 89.3 Å². The molecule has 1 spiro atoms. The Kier molecular flexibility index (Phi) is 4.08. The first kappa shape index (κ1) is 21.1. The Morgan fingerprint density at radius 2 is 1.87 bits per heavy atom. The molecule has 0 radical (unpaired) electrons. The zero-order valence-electron chi connectivity index (χ0n) is 18.1. The van der Waals surface area contributed by atoms with Crippen LogP contribution in [0.4, 0.5) is 0 Å². The minimum Gasteiger partial charge on any atom is -0.498 e. The van der Waals surface area contributed by atoms with Crippen molar-refractivity contribution >= 4 is 11.9 Å². The highest BCUT2D eigenvalue weighted by molar-refractivity contribution is 5.93. The number of rotatable bonds is 4. The second kappa shape index (κ2) is 5.99. The van der Waals surface area contributed by atoms with Gasteiger partial charge in [-0.3, -0.25) is 4.79 Å². The fraction of sp³-hybridized carbons (Fsp3) is 0.810. The summed E-state index contributed by atoms with van der Waals surface area (Å²) in [6.45, 7) is 4.69. The van der Waals surface area contributed by atoms with Crippen molar-refractivity contribution in [2.24, 2.45) is 17.3 Å². The molecule has 2 saturated carbocycles. The van der Waals surface area contributed by atoms with Crippen LogP contribution < -0.4 is 0 Å². The number of esters is 2. The second-order valence-electron chi connectivity index (χ2n) is 9.71. The summed E-state index contributed by atoms with van der Waals surface area (Å²) in [5, 5.41) is 33.5. The van der Waals surface area contributed by atoms with E-state index in [1.807, 2.05) is 0 Å². The average molecular weight is 440 g/mol. The van der Waals surface area contributed by atoms with Gasteiger partial charge in [-0.05, 0) is 5.92 Å². The molecule has 0 aromatic heterocycles. The summed E-state index contributed by atoms with van der Waals surface area (Å²) in [6, 6.07) is 0. The average Bonchev–Trinajstić information content (AvgIpc) is 3.37. The molecule has 3 aliphatic heterocycles. The largest absolute Gasteiger partial charge is 0.498 e. The van der Waals surface area contributed by atoms with E-state index in [-0.39, 0.29) is 17.8 Å². The van der Waals surface area contributed by atoms with Crippen molar-refractivity contribution in [2.75, 3.05) is 20.8 Å². The molecule has 3 N–H and O–H groups in total. The molecular weight excluding hydrogens is 412 g/mol. The van der Waals surface area contributed by atoms with Gasteiger partial charge in [-0.2, -0.15) is 0 Å². The van der Waals surface area contributed by atoms with Gasteiger partial charge in [-0.15, -0.1) is 0 Å². The Morgan fingerprint density at radius 1 is 1.19 bits per heavy atom. The van der Waals surface area contributed by atoms with Gasteiger partial charge in [0.2, 0.25) is 0 Å². The van der Waals surface area contributed by atoms with Crippen LogP contribution in [0.25, 0.3) is 0 Å². The zero-order chi connectivity index (χ0) is 22.7. The standard InChI is InChI=1S/C21H28O10/c1-8(2)20(25)11-17(24)30-14(20)12(28-5)18(3)19(13-15(29-13)21(11,18)26)6-9(16(23)31-19)10(7-22)27-4/h8,11-15,22,25-26H,6-7H2,1-5H3/b10-9-/t11-,12-,13-,14-,15+,18+,19-,20-,21+/m1/s1. The molecule has 10 nitrogen and oxygen atoms in total. The maximum atomic E-state index is 13.0. The molecule has 5 aliphatic rings. The second-order valence-corrected chi connectivity index (χ2v) is 9.71. The fourth-order valence-corrected chi connectivity index (χ4v) is 7.01. The van der Waals surface area contributed by atoms with Crippen molar-refractivity contribution in [3.05, 3.63) is 11.3 Å². The molecule has 3 saturated heterocycles. The molecule has 2 bridgehead atoms. The van der Waals surface area contributed by atoms with E-state index in [2.05, 4.69) is 0 Å². The van der Waals surface area contributed by atoms with Crippen LogP contribution in [-0.2, 0) is 33.3 Å². The van der Waals surface area contributed by atoms with E-state index < -0.39 is 77.0 Å². The summed E-state index contributed by atoms with van der Waals surface area (Å²) < 4.78 is 28.3. The van der Waals surface area contributed by atoms with Gasteiger partial charge in [-0.1, -0.05) is 20.8 Å². The van der Waals surface area contributed by atoms with Crippen LogP contribution in [0.3, 0.4) is 0 Å². The highest BCUT2D eigenvalue weighted by atomic mass is 16.7. The van der Waals surface area contributed by atoms with Crippen molar-refractivity contribution < 1.29 is 48.6 Å². The maximum absolute atomic E-state index is 13.0. The molecule has 10 heteroatoms. The van der Waals surface area contributed by atoms with E-state index in [0.29, 0.717) is 0 Å². The van der Waals surface area contributed by atoms with Crippen LogP contribution in [0.1, 0.15) is 27.2 Å². The Balaban J connectivity index is 1.73. The summed E-state index contributed by atoms with van der Waals surface area (Å²) in [6.07, 6.45) is -3.63. The molecule has 9 atom stereocenters. The van der Waals surface area contributed by atoms with Crippen molar-refractivity contribution in [1.82, 2.24) is 0 Å². The summed E-state index contributed by atoms with van der Waals surface area (Å²) >= 11 is 0. The van der Waals surface area contributed by atoms with E-state index in [9.17, 15) is 24.9 Å². The third-order valence-electron chi connectivity index (χ3n) is 8.64. The van der Waals surface area contributed by atoms with Crippen molar-refractivity contribution in [3.8, 4) is 0 Å². The highest BCUT2D eigenvalue weighted by Crippen LogP contribution is 2.76. The first-order valence-corrected chi connectivity index (χ1v) is 10.4. The molecule has 0 aromatic rings. The molecule has 31 heavy (non-hydrogen) atoms. The molecule has 0 aromatic carbocycles. The van der Waals surface area contributed by atoms with Gasteiger partial charge in [-0.25, -0.2) is 4.79 Å². The van der Waals surface area contributed by atoms with E-state index >= 15 is 0 Å². The van der Waals surface area contributed by atoms with E-state index in [4.69, 9.17) is 23.7 Å². The highest BCUT2D eigenvalue weighted by Gasteiger charge is 2.95. The number of hydrogen-bond acceptors (Lipinski definition) is 10. The predicted molar refractivity (Wildman–Crippen MR) is 100 cm³/mol. The maximum Gasteiger partial charge on any atom is 0.338 e. The lowest BCUT2D eigenvalue weighted by molar-refractivity contribution is -0.313. The van der Waals surface area contributed by atoms with Gasteiger partial charge in [0.1, 0.15) is 47.8 Å². The van der Waals surface area contributed by atoms with Gasteiger partial charge in [0, 0.05) is 13.5 Å². The molecular formula is C21H28O10. The van der Waals surface area contributed by atoms with Gasteiger partial charge >= 0.3 is 11.9 Å². The molecule has 0 amide bonds. The van der Waals surface area contributed by atoms with Crippen LogP contribution in [0.5, 0.6) is 0 Å². The number of methoxy groups -OCH3 is 2. The third-order valence-corrected chi connectivity index (χ3v) is 8.64. The van der Waals surface area contributed by atoms with Crippen molar-refractivity contribution in [2.45, 2.75) is 68.4 Å². The predicted octanol–water partition coefficient (Wildman–Crippen LogP) is -0.959. The molecule has 2 aliphatic carbocycles. The zero-order valence-corrected chi connectivity index (χ0v) is 18.1. The lowest BCUT2D eigenvalue weighted by atomic mass is 9.48. The lowest BCUT2D eigenvalue weighted by Gasteiger charge is -2.60. The third kappa shape index (κ3) is 1.94. The SMILES string of the molecule is CO/C(CO)=C1/C[C@@]2(OC1=O)[C@@H]1O[C@@H]1[C@@]1(O)[C@@H]3C(=O)O[C@H]([C@@H](OC)[C@]12C)[C@@]3(O)C(C)C. The number of carbonyl (C=O) groups excluding carboxylic acids is 2. The van der Waals surface area contributed by atoms with E-state index in [1.165, 1.54) is 14.2 Å². The number of carbonyl (C=O) groups is 2. The molecule has 0 unspecified atom stereocenters. The number of fused-ring (bicyclic) bond motifs is 8. The quantitative estimate of drug-likeness (QED) is 0.216. The number of aliphatic hydroxyl groups excluding tert-OH is 1. The van der Waals surface area contributed by atoms with Gasteiger partial charge in [0.15, 0.2) is 11.7 Å². The Morgan fingerprint density at radius 3 is 2.42 bits per heavy atom. The van der Waals surface area contributed by atoms with Crippen LogP contribution in [0, 0.1) is 17.3 Å². The van der Waals surface area contributed by atoms with Crippen molar-refractivity contribution in [1.29, 1.82) is 0 Å². The topological polar surface area (TPSA) is 144 Å². The van der Waals surface area contributed by atoms with Crippen LogP contribution in [0.2, 0.25) is 0 Å². The van der Waals surface area contributed by atoms with E-state index in [1.54, 1.807) is 20.8 Å². The van der Waals surface area contributed by atoms with Gasteiger partial charge in [0.05, 0.1) is 18.1 Å². The summed E-state index contributed by atoms with van der Waals surface area (Å²) in [4.78, 5) is 25.9. The lowest BCUT2D eigenvalue weighted by Crippen LogP contribution is -2.78. The Hall–Kier alpha value is -1.72. The van der Waals surface area contributed by atoms with Crippen LogP contribution in [0.15, 0.2) is 11.3 Å². The molecule has 172 valence electrons. The smallest absolute Gasteiger partial charge is 0.338 e. The first-order valence-electron chi connectivity index (χ1n) is 10.4. The van der Waals surface area contributed by atoms with Crippen LogP contribution >= 0.6 is 0 Å². The van der Waals surface area contributed by atoms with Crippen molar-refractivity contribution in [3.63, 3.8) is 0 Å². The summed E-state index contributed by atoms with van der Waals surface area (Å²) in [5.74, 6) is -3.09. The van der Waals surface area contributed by atoms with Gasteiger partial charge < -0.3 is 39.0 Å². The van der Waals surface area contributed by atoms with E-state index in [0.717, 1.165) is 0 Å². The first-order chi connectivity index (χ1) is 14.5.